The van der Waals surface area contributed by atoms with Crippen LogP contribution >= 0.6 is 11.8 Å². The fraction of sp³-hybridized carbons (Fsp3) is 0.438. The Bertz CT molecular complexity index is 614. The first kappa shape index (κ1) is 16.9. The molecule has 120 valence electrons. The molecule has 0 radical (unpaired) electrons. The van der Waals surface area contributed by atoms with Crippen LogP contribution in [0, 0.1) is 0 Å². The number of benzene rings is 1. The van der Waals surface area contributed by atoms with Crippen molar-refractivity contribution in [1.82, 2.24) is 10.3 Å². The second kappa shape index (κ2) is 8.22. The van der Waals surface area contributed by atoms with E-state index in [2.05, 4.69) is 10.3 Å². The third-order valence-corrected chi connectivity index (χ3v) is 4.32. The van der Waals surface area contributed by atoms with Crippen LogP contribution in [0.2, 0.25) is 0 Å². The standard InChI is InChI=1S/C16H23N3O2S/c1-22-7-6-14(17)16(21)19-12(10-20)8-11-9-18-15-5-3-2-4-13(11)15/h2-5,9,12,14,18,20H,6-8,10,17H2,1H3,(H,19,21). The number of para-hydroxylation sites is 1. The Kier molecular flexibility index (Phi) is 6.30. The summed E-state index contributed by atoms with van der Waals surface area (Å²) in [6, 6.07) is 7.13. The fourth-order valence-corrected chi connectivity index (χ4v) is 2.90. The average molecular weight is 321 g/mol. The number of hydrogen-bond acceptors (Lipinski definition) is 4. The summed E-state index contributed by atoms with van der Waals surface area (Å²) in [5, 5.41) is 13.5. The van der Waals surface area contributed by atoms with Gasteiger partial charge in [0, 0.05) is 17.1 Å². The summed E-state index contributed by atoms with van der Waals surface area (Å²) in [7, 11) is 0. The molecule has 0 saturated carbocycles. The Hall–Kier alpha value is -1.50. The van der Waals surface area contributed by atoms with Crippen molar-refractivity contribution in [3.8, 4) is 0 Å². The molecule has 2 rings (SSSR count). The summed E-state index contributed by atoms with van der Waals surface area (Å²) in [6.45, 7) is -0.111. The van der Waals surface area contributed by atoms with E-state index in [0.29, 0.717) is 12.8 Å². The Morgan fingerprint density at radius 1 is 1.45 bits per heavy atom. The molecule has 0 aliphatic heterocycles. The van der Waals surface area contributed by atoms with Gasteiger partial charge in [-0.3, -0.25) is 4.79 Å². The van der Waals surface area contributed by atoms with Gasteiger partial charge < -0.3 is 21.1 Å². The number of thioether (sulfide) groups is 1. The number of carbonyl (C=O) groups excluding carboxylic acids is 1. The Morgan fingerprint density at radius 2 is 2.23 bits per heavy atom. The lowest BCUT2D eigenvalue weighted by atomic mass is 10.0. The van der Waals surface area contributed by atoms with E-state index >= 15 is 0 Å². The van der Waals surface area contributed by atoms with Crippen LogP contribution in [0.15, 0.2) is 30.5 Å². The highest BCUT2D eigenvalue weighted by atomic mass is 32.2. The van der Waals surface area contributed by atoms with E-state index in [1.165, 1.54) is 0 Å². The van der Waals surface area contributed by atoms with Crippen molar-refractivity contribution in [3.05, 3.63) is 36.0 Å². The van der Waals surface area contributed by atoms with Crippen molar-refractivity contribution in [2.75, 3.05) is 18.6 Å². The van der Waals surface area contributed by atoms with E-state index in [1.54, 1.807) is 11.8 Å². The SMILES string of the molecule is CSCCC(N)C(=O)NC(CO)Cc1c[nH]c2ccccc12. The van der Waals surface area contributed by atoms with Gasteiger partial charge in [0.1, 0.15) is 0 Å². The molecular formula is C16H23N3O2S. The van der Waals surface area contributed by atoms with Gasteiger partial charge in [0.25, 0.3) is 0 Å². The number of aliphatic hydroxyl groups is 1. The molecule has 0 aliphatic rings. The van der Waals surface area contributed by atoms with E-state index in [-0.39, 0.29) is 18.6 Å². The monoisotopic (exact) mass is 321 g/mol. The molecule has 2 atom stereocenters. The van der Waals surface area contributed by atoms with E-state index in [1.807, 2.05) is 36.7 Å². The number of carbonyl (C=O) groups is 1. The Labute approximate surface area is 134 Å². The maximum absolute atomic E-state index is 12.0. The highest BCUT2D eigenvalue weighted by Crippen LogP contribution is 2.19. The van der Waals surface area contributed by atoms with Crippen LogP contribution in [-0.4, -0.2) is 46.7 Å². The first-order valence-corrected chi connectivity index (χ1v) is 8.75. The van der Waals surface area contributed by atoms with Gasteiger partial charge in [-0.1, -0.05) is 18.2 Å². The molecule has 1 aromatic carbocycles. The zero-order valence-electron chi connectivity index (χ0n) is 12.7. The molecule has 0 saturated heterocycles. The molecule has 6 heteroatoms. The number of aromatic amines is 1. The lowest BCUT2D eigenvalue weighted by Crippen LogP contribution is -2.47. The average Bonchev–Trinajstić information content (AvgIpc) is 2.95. The number of nitrogens with one attached hydrogen (secondary N) is 2. The zero-order chi connectivity index (χ0) is 15.9. The van der Waals surface area contributed by atoms with Crippen molar-refractivity contribution in [3.63, 3.8) is 0 Å². The topological polar surface area (TPSA) is 91.1 Å². The molecule has 0 spiro atoms. The van der Waals surface area contributed by atoms with Crippen LogP contribution in [0.25, 0.3) is 10.9 Å². The van der Waals surface area contributed by atoms with Gasteiger partial charge >= 0.3 is 0 Å². The fourth-order valence-electron chi connectivity index (χ4n) is 2.41. The third-order valence-electron chi connectivity index (χ3n) is 3.68. The number of fused-ring (bicyclic) bond motifs is 1. The highest BCUT2D eigenvalue weighted by Gasteiger charge is 2.18. The normalized spacial score (nSPS) is 14.0. The van der Waals surface area contributed by atoms with Crippen LogP contribution < -0.4 is 11.1 Å². The first-order valence-electron chi connectivity index (χ1n) is 7.36. The minimum Gasteiger partial charge on any atom is -0.394 e. The van der Waals surface area contributed by atoms with Crippen molar-refractivity contribution in [2.24, 2.45) is 5.73 Å². The third kappa shape index (κ3) is 4.25. The number of rotatable bonds is 8. The minimum atomic E-state index is -0.524. The van der Waals surface area contributed by atoms with Crippen molar-refractivity contribution >= 4 is 28.6 Å². The van der Waals surface area contributed by atoms with E-state index in [4.69, 9.17) is 5.73 Å². The smallest absolute Gasteiger partial charge is 0.237 e. The summed E-state index contributed by atoms with van der Waals surface area (Å²) >= 11 is 1.66. The number of aromatic nitrogens is 1. The number of hydrogen-bond donors (Lipinski definition) is 4. The molecule has 1 aromatic heterocycles. The second-order valence-electron chi connectivity index (χ2n) is 5.34. The molecule has 22 heavy (non-hydrogen) atoms. The highest BCUT2D eigenvalue weighted by molar-refractivity contribution is 7.98. The lowest BCUT2D eigenvalue weighted by molar-refractivity contribution is -0.123. The van der Waals surface area contributed by atoms with E-state index in [0.717, 1.165) is 22.2 Å². The molecule has 0 bridgehead atoms. The van der Waals surface area contributed by atoms with Crippen LogP contribution in [0.3, 0.4) is 0 Å². The molecule has 0 aliphatic carbocycles. The summed E-state index contributed by atoms with van der Waals surface area (Å²) in [5.41, 5.74) is 7.99. The van der Waals surface area contributed by atoms with Gasteiger partial charge in [0.2, 0.25) is 5.91 Å². The van der Waals surface area contributed by atoms with Crippen molar-refractivity contribution in [1.29, 1.82) is 0 Å². The number of H-pyrrole nitrogens is 1. The molecule has 0 fully saturated rings. The van der Waals surface area contributed by atoms with Crippen LogP contribution in [0.1, 0.15) is 12.0 Å². The summed E-state index contributed by atoms with van der Waals surface area (Å²) in [5.74, 6) is 0.647. The van der Waals surface area contributed by atoms with Crippen LogP contribution in [-0.2, 0) is 11.2 Å². The maximum atomic E-state index is 12.0. The molecular weight excluding hydrogens is 298 g/mol. The molecule has 5 nitrogen and oxygen atoms in total. The van der Waals surface area contributed by atoms with Crippen LogP contribution in [0.5, 0.6) is 0 Å². The molecule has 1 amide bonds. The van der Waals surface area contributed by atoms with Crippen molar-refractivity contribution in [2.45, 2.75) is 24.9 Å². The quantitative estimate of drug-likeness (QED) is 0.589. The van der Waals surface area contributed by atoms with Gasteiger partial charge in [0.15, 0.2) is 0 Å². The Morgan fingerprint density at radius 3 is 2.95 bits per heavy atom. The molecule has 5 N–H and O–H groups in total. The summed E-state index contributed by atoms with van der Waals surface area (Å²) in [4.78, 5) is 15.2. The van der Waals surface area contributed by atoms with Crippen LogP contribution in [0.4, 0.5) is 0 Å². The van der Waals surface area contributed by atoms with Gasteiger partial charge in [0.05, 0.1) is 18.7 Å². The van der Waals surface area contributed by atoms with Gasteiger partial charge in [-0.25, -0.2) is 0 Å². The lowest BCUT2D eigenvalue weighted by Gasteiger charge is -2.19. The number of nitrogens with two attached hydrogens (primary N) is 1. The summed E-state index contributed by atoms with van der Waals surface area (Å²) in [6.07, 6.45) is 5.12. The molecule has 2 unspecified atom stereocenters. The maximum Gasteiger partial charge on any atom is 0.237 e. The second-order valence-corrected chi connectivity index (χ2v) is 6.33. The van der Waals surface area contributed by atoms with Gasteiger partial charge in [-0.05, 0) is 36.5 Å². The zero-order valence-corrected chi connectivity index (χ0v) is 13.5. The summed E-state index contributed by atoms with van der Waals surface area (Å²) < 4.78 is 0. The van der Waals surface area contributed by atoms with Gasteiger partial charge in [-0.15, -0.1) is 0 Å². The molecule has 1 heterocycles. The first-order chi connectivity index (χ1) is 10.7. The Balaban J connectivity index is 1.98. The van der Waals surface area contributed by atoms with Gasteiger partial charge in [-0.2, -0.15) is 11.8 Å². The predicted octanol–water partition coefficient (Wildman–Crippen LogP) is 1.27. The number of aliphatic hydroxyl groups excluding tert-OH is 1. The van der Waals surface area contributed by atoms with Crippen molar-refractivity contribution < 1.29 is 9.90 Å². The van der Waals surface area contributed by atoms with E-state index < -0.39 is 6.04 Å². The minimum absolute atomic E-state index is 0.111. The number of amides is 1. The molecule has 2 aromatic rings. The van der Waals surface area contributed by atoms with E-state index in [9.17, 15) is 9.90 Å². The largest absolute Gasteiger partial charge is 0.394 e. The predicted molar refractivity (Wildman–Crippen MR) is 92.0 cm³/mol.